The Morgan fingerprint density at radius 2 is 0.773 bits per heavy atom. The van der Waals surface area contributed by atoms with E-state index < -0.39 is 8.32 Å². The van der Waals surface area contributed by atoms with Crippen molar-refractivity contribution in [2.45, 2.75) is 125 Å². The van der Waals surface area contributed by atoms with Gasteiger partial charge in [0.2, 0.25) is 8.32 Å². The molecule has 0 aromatic carbocycles. The van der Waals surface area contributed by atoms with Crippen LogP contribution in [0.1, 0.15) is 103 Å². The van der Waals surface area contributed by atoms with Crippen LogP contribution in [0.25, 0.3) is 0 Å². The molecule has 0 heterocycles. The van der Waals surface area contributed by atoms with Crippen molar-refractivity contribution in [1.29, 1.82) is 0 Å². The van der Waals surface area contributed by atoms with Gasteiger partial charge in [0.05, 0.1) is 0 Å². The zero-order chi connectivity index (χ0) is 14.8. The van der Waals surface area contributed by atoms with Crippen molar-refractivity contribution in [1.82, 2.24) is 0 Å². The highest BCUT2D eigenvalue weighted by molar-refractivity contribution is 6.78. The standard InChI is InChI=1S/C20H36OSi/c1-2-10-17(9-1)21-22(18-11-3-4-12-18,19-13-5-6-14-19)20-15-7-8-16-20/h17-20H,1-16H2. The molecule has 0 unspecified atom stereocenters. The van der Waals surface area contributed by atoms with Gasteiger partial charge in [-0.15, -0.1) is 0 Å². The molecule has 4 rings (SSSR count). The molecule has 0 aliphatic heterocycles. The maximum Gasteiger partial charge on any atom is 0.202 e. The molecule has 22 heavy (non-hydrogen) atoms. The highest BCUT2D eigenvalue weighted by Crippen LogP contribution is 2.59. The molecule has 4 aliphatic carbocycles. The Balaban J connectivity index is 1.64. The van der Waals surface area contributed by atoms with Crippen LogP contribution in [0, 0.1) is 0 Å². The molecular formula is C20H36OSi. The average Bonchev–Trinajstić information content (AvgIpc) is 3.36. The van der Waals surface area contributed by atoms with Crippen LogP contribution in [0.15, 0.2) is 0 Å². The molecule has 0 atom stereocenters. The molecule has 4 saturated carbocycles. The highest BCUT2D eigenvalue weighted by atomic mass is 28.4. The molecule has 0 bridgehead atoms. The topological polar surface area (TPSA) is 9.23 Å². The smallest absolute Gasteiger partial charge is 0.202 e. The summed E-state index contributed by atoms with van der Waals surface area (Å²) in [4.78, 5) is 0. The van der Waals surface area contributed by atoms with E-state index in [-0.39, 0.29) is 0 Å². The van der Waals surface area contributed by atoms with Gasteiger partial charge >= 0.3 is 0 Å². The van der Waals surface area contributed by atoms with Crippen molar-refractivity contribution < 1.29 is 4.43 Å². The van der Waals surface area contributed by atoms with Crippen molar-refractivity contribution >= 4 is 8.32 Å². The Bertz CT molecular complexity index is 304. The molecule has 0 amide bonds. The first kappa shape index (κ1) is 15.7. The van der Waals surface area contributed by atoms with Gasteiger partial charge in [0.15, 0.2) is 0 Å². The largest absolute Gasteiger partial charge is 0.413 e. The van der Waals surface area contributed by atoms with Crippen molar-refractivity contribution in [3.63, 3.8) is 0 Å². The third kappa shape index (κ3) is 2.83. The molecule has 0 radical (unpaired) electrons. The van der Waals surface area contributed by atoms with Gasteiger partial charge in [-0.1, -0.05) is 89.9 Å². The fourth-order valence-corrected chi connectivity index (χ4v) is 14.0. The third-order valence-corrected chi connectivity index (χ3v) is 14.0. The second kappa shape index (κ2) is 6.97. The Morgan fingerprint density at radius 1 is 0.455 bits per heavy atom. The van der Waals surface area contributed by atoms with Gasteiger partial charge in [-0.3, -0.25) is 0 Å². The normalized spacial score (nSPS) is 30.0. The fraction of sp³-hybridized carbons (Fsp3) is 1.00. The van der Waals surface area contributed by atoms with Crippen LogP contribution in [-0.2, 0) is 4.43 Å². The summed E-state index contributed by atoms with van der Waals surface area (Å²) in [7, 11) is -1.56. The van der Waals surface area contributed by atoms with Gasteiger partial charge in [0.1, 0.15) is 0 Å². The van der Waals surface area contributed by atoms with E-state index in [0.717, 1.165) is 16.6 Å². The first-order valence-corrected chi connectivity index (χ1v) is 12.7. The van der Waals surface area contributed by atoms with E-state index in [4.69, 9.17) is 4.43 Å². The van der Waals surface area contributed by atoms with E-state index in [2.05, 4.69) is 0 Å². The Kier molecular flexibility index (Phi) is 4.97. The van der Waals surface area contributed by atoms with E-state index in [9.17, 15) is 0 Å². The van der Waals surface area contributed by atoms with Crippen LogP contribution >= 0.6 is 0 Å². The third-order valence-electron chi connectivity index (χ3n) is 7.65. The molecule has 1 nitrogen and oxygen atoms in total. The summed E-state index contributed by atoms with van der Waals surface area (Å²) < 4.78 is 7.39. The number of hydrogen-bond donors (Lipinski definition) is 0. The van der Waals surface area contributed by atoms with Crippen molar-refractivity contribution in [2.24, 2.45) is 0 Å². The summed E-state index contributed by atoms with van der Waals surface area (Å²) in [5.41, 5.74) is 3.12. The van der Waals surface area contributed by atoms with Gasteiger partial charge in [-0.05, 0) is 29.5 Å². The summed E-state index contributed by atoms with van der Waals surface area (Å²) in [6, 6.07) is 0. The van der Waals surface area contributed by atoms with Gasteiger partial charge < -0.3 is 4.43 Å². The first-order valence-electron chi connectivity index (χ1n) is 10.6. The maximum absolute atomic E-state index is 7.39. The Hall–Kier alpha value is 0.177. The van der Waals surface area contributed by atoms with Crippen LogP contribution in [-0.4, -0.2) is 14.4 Å². The predicted octanol–water partition coefficient (Wildman–Crippen LogP) is 6.72. The van der Waals surface area contributed by atoms with Gasteiger partial charge in [-0.2, -0.15) is 0 Å². The molecule has 0 aromatic rings. The second-order valence-electron chi connectivity index (χ2n) is 8.82. The van der Waals surface area contributed by atoms with Crippen LogP contribution in [0.2, 0.25) is 16.6 Å². The minimum atomic E-state index is -1.56. The molecule has 0 saturated heterocycles. The predicted molar refractivity (Wildman–Crippen MR) is 95.7 cm³/mol. The lowest BCUT2D eigenvalue weighted by Gasteiger charge is -2.47. The second-order valence-corrected chi connectivity index (χ2v) is 13.2. The van der Waals surface area contributed by atoms with Crippen molar-refractivity contribution in [2.75, 3.05) is 0 Å². The van der Waals surface area contributed by atoms with Crippen LogP contribution < -0.4 is 0 Å². The molecule has 0 spiro atoms. The van der Waals surface area contributed by atoms with E-state index >= 15 is 0 Å². The summed E-state index contributed by atoms with van der Waals surface area (Å²) in [5.74, 6) is 0. The fourth-order valence-electron chi connectivity index (χ4n) is 6.71. The maximum atomic E-state index is 7.39. The van der Waals surface area contributed by atoms with E-state index in [0.29, 0.717) is 6.10 Å². The van der Waals surface area contributed by atoms with E-state index in [1.165, 1.54) is 103 Å². The summed E-state index contributed by atoms with van der Waals surface area (Å²) in [6.07, 6.45) is 24.6. The zero-order valence-electron chi connectivity index (χ0n) is 14.5. The Labute approximate surface area is 138 Å². The van der Waals surface area contributed by atoms with Gasteiger partial charge in [-0.25, -0.2) is 0 Å². The molecule has 126 valence electrons. The summed E-state index contributed by atoms with van der Waals surface area (Å²) in [5, 5.41) is 0. The average molecular weight is 321 g/mol. The minimum absolute atomic E-state index is 0.675. The van der Waals surface area contributed by atoms with Crippen LogP contribution in [0.4, 0.5) is 0 Å². The van der Waals surface area contributed by atoms with Crippen LogP contribution in [0.5, 0.6) is 0 Å². The highest BCUT2D eigenvalue weighted by Gasteiger charge is 2.57. The summed E-state index contributed by atoms with van der Waals surface area (Å²) >= 11 is 0. The van der Waals surface area contributed by atoms with Gasteiger partial charge in [0, 0.05) is 6.10 Å². The lowest BCUT2D eigenvalue weighted by atomic mass is 10.3. The number of hydrogen-bond acceptors (Lipinski definition) is 1. The summed E-state index contributed by atoms with van der Waals surface area (Å²) in [6.45, 7) is 0. The SMILES string of the molecule is C1CCC(O[Si](C2CCCC2)(C2CCCC2)C2CCCC2)C1. The Morgan fingerprint density at radius 3 is 1.14 bits per heavy atom. The van der Waals surface area contributed by atoms with Crippen molar-refractivity contribution in [3.05, 3.63) is 0 Å². The van der Waals surface area contributed by atoms with E-state index in [1.807, 2.05) is 0 Å². The molecule has 2 heteroatoms. The first-order chi connectivity index (χ1) is 10.9. The zero-order valence-corrected chi connectivity index (χ0v) is 15.5. The molecule has 0 N–H and O–H groups in total. The monoisotopic (exact) mass is 320 g/mol. The quantitative estimate of drug-likeness (QED) is 0.511. The number of rotatable bonds is 5. The molecular weight excluding hydrogens is 284 g/mol. The minimum Gasteiger partial charge on any atom is -0.413 e. The lowest BCUT2D eigenvalue weighted by molar-refractivity contribution is 0.174. The molecule has 4 fully saturated rings. The van der Waals surface area contributed by atoms with Crippen LogP contribution in [0.3, 0.4) is 0 Å². The lowest BCUT2D eigenvalue weighted by Crippen LogP contribution is -2.52. The molecule has 0 aromatic heterocycles. The molecule has 4 aliphatic rings. The van der Waals surface area contributed by atoms with Gasteiger partial charge in [0.25, 0.3) is 0 Å². The van der Waals surface area contributed by atoms with E-state index in [1.54, 1.807) is 0 Å². The van der Waals surface area contributed by atoms with Crippen molar-refractivity contribution in [3.8, 4) is 0 Å².